The Morgan fingerprint density at radius 3 is 2.50 bits per heavy atom. The third-order valence-corrected chi connectivity index (χ3v) is 5.48. The standard InChI is InChI=1S/C14H23N3O2S/c1-2-15-14-13(9-8-10-16-14)20(18,19)17-11-6-4-3-5-7-12-17/h8-10H,2-7,11-12H2,1H3,(H,15,16). The second-order valence-electron chi connectivity index (χ2n) is 5.05. The molecule has 1 fully saturated rings. The molecule has 0 saturated carbocycles. The van der Waals surface area contributed by atoms with E-state index in [-0.39, 0.29) is 0 Å². The van der Waals surface area contributed by atoms with E-state index in [1.165, 1.54) is 6.42 Å². The van der Waals surface area contributed by atoms with E-state index in [4.69, 9.17) is 0 Å². The molecule has 112 valence electrons. The molecule has 0 aliphatic carbocycles. The van der Waals surface area contributed by atoms with E-state index in [1.54, 1.807) is 22.6 Å². The summed E-state index contributed by atoms with van der Waals surface area (Å²) in [6.07, 6.45) is 6.93. The van der Waals surface area contributed by atoms with Crippen LogP contribution in [0.5, 0.6) is 0 Å². The molecule has 0 radical (unpaired) electrons. The van der Waals surface area contributed by atoms with Gasteiger partial charge < -0.3 is 5.32 Å². The van der Waals surface area contributed by atoms with Gasteiger partial charge in [0.15, 0.2) is 0 Å². The maximum atomic E-state index is 12.8. The van der Waals surface area contributed by atoms with Crippen molar-refractivity contribution >= 4 is 15.8 Å². The number of hydrogen-bond donors (Lipinski definition) is 1. The number of aromatic nitrogens is 1. The summed E-state index contributed by atoms with van der Waals surface area (Å²) in [6.45, 7) is 3.81. The van der Waals surface area contributed by atoms with Crippen molar-refractivity contribution in [2.75, 3.05) is 25.0 Å². The topological polar surface area (TPSA) is 62.3 Å². The van der Waals surface area contributed by atoms with Gasteiger partial charge in [-0.15, -0.1) is 0 Å². The molecule has 1 aliphatic heterocycles. The van der Waals surface area contributed by atoms with Crippen molar-refractivity contribution in [2.24, 2.45) is 0 Å². The quantitative estimate of drug-likeness (QED) is 0.927. The summed E-state index contributed by atoms with van der Waals surface area (Å²) >= 11 is 0. The van der Waals surface area contributed by atoms with Gasteiger partial charge in [0.25, 0.3) is 0 Å². The van der Waals surface area contributed by atoms with Crippen molar-refractivity contribution in [3.05, 3.63) is 18.3 Å². The second-order valence-corrected chi connectivity index (χ2v) is 6.96. The minimum absolute atomic E-state index is 0.294. The van der Waals surface area contributed by atoms with Gasteiger partial charge in [0.2, 0.25) is 10.0 Å². The van der Waals surface area contributed by atoms with Crippen LogP contribution in [0.1, 0.15) is 39.0 Å². The molecule has 5 nitrogen and oxygen atoms in total. The maximum Gasteiger partial charge on any atom is 0.246 e. The molecule has 1 aromatic heterocycles. The molecule has 2 rings (SSSR count). The van der Waals surface area contributed by atoms with Crippen molar-refractivity contribution < 1.29 is 8.42 Å². The van der Waals surface area contributed by atoms with E-state index in [0.717, 1.165) is 25.7 Å². The van der Waals surface area contributed by atoms with Crippen molar-refractivity contribution in [3.63, 3.8) is 0 Å². The molecule has 1 aliphatic rings. The minimum atomic E-state index is -3.45. The van der Waals surface area contributed by atoms with E-state index in [0.29, 0.717) is 30.3 Å². The summed E-state index contributed by atoms with van der Waals surface area (Å²) in [6, 6.07) is 3.32. The molecule has 0 amide bonds. The van der Waals surface area contributed by atoms with E-state index in [1.807, 2.05) is 6.92 Å². The van der Waals surface area contributed by atoms with Crippen LogP contribution in [0.4, 0.5) is 5.82 Å². The Kier molecular flexibility index (Phi) is 5.37. The maximum absolute atomic E-state index is 12.8. The van der Waals surface area contributed by atoms with Gasteiger partial charge in [0, 0.05) is 25.8 Å². The average Bonchev–Trinajstić information content (AvgIpc) is 2.38. The Bertz CT molecular complexity index is 523. The van der Waals surface area contributed by atoms with Gasteiger partial charge in [-0.05, 0) is 31.9 Å². The highest BCUT2D eigenvalue weighted by Crippen LogP contribution is 2.24. The lowest BCUT2D eigenvalue weighted by atomic mass is 10.1. The Morgan fingerprint density at radius 2 is 1.85 bits per heavy atom. The van der Waals surface area contributed by atoms with Gasteiger partial charge >= 0.3 is 0 Å². The number of hydrogen-bond acceptors (Lipinski definition) is 4. The first-order valence-corrected chi connectivity index (χ1v) is 8.79. The average molecular weight is 297 g/mol. The van der Waals surface area contributed by atoms with E-state index in [2.05, 4.69) is 10.3 Å². The molecule has 0 bridgehead atoms. The van der Waals surface area contributed by atoms with E-state index < -0.39 is 10.0 Å². The van der Waals surface area contributed by atoms with Crippen molar-refractivity contribution in [1.82, 2.24) is 9.29 Å². The lowest BCUT2D eigenvalue weighted by Gasteiger charge is -2.24. The fourth-order valence-electron chi connectivity index (χ4n) is 2.50. The van der Waals surface area contributed by atoms with Crippen LogP contribution in [0.25, 0.3) is 0 Å². The van der Waals surface area contributed by atoms with Gasteiger partial charge in [-0.1, -0.05) is 19.3 Å². The zero-order valence-electron chi connectivity index (χ0n) is 12.0. The molecule has 0 atom stereocenters. The number of anilines is 1. The van der Waals surface area contributed by atoms with Crippen molar-refractivity contribution in [1.29, 1.82) is 0 Å². The van der Waals surface area contributed by atoms with Gasteiger partial charge in [-0.25, -0.2) is 13.4 Å². The summed E-state index contributed by atoms with van der Waals surface area (Å²) in [4.78, 5) is 4.45. The molecular weight excluding hydrogens is 274 g/mol. The summed E-state index contributed by atoms with van der Waals surface area (Å²) in [7, 11) is -3.45. The highest BCUT2D eigenvalue weighted by atomic mass is 32.2. The van der Waals surface area contributed by atoms with Crippen molar-refractivity contribution in [2.45, 2.75) is 43.9 Å². The van der Waals surface area contributed by atoms with E-state index >= 15 is 0 Å². The fourth-order valence-corrected chi connectivity index (χ4v) is 4.13. The monoisotopic (exact) mass is 297 g/mol. The van der Waals surface area contributed by atoms with Gasteiger partial charge in [-0.3, -0.25) is 0 Å². The molecule has 20 heavy (non-hydrogen) atoms. The molecule has 1 N–H and O–H groups in total. The van der Waals surface area contributed by atoms with Crippen LogP contribution in [0.3, 0.4) is 0 Å². The Balaban J connectivity index is 2.28. The number of pyridine rings is 1. The first-order valence-electron chi connectivity index (χ1n) is 7.35. The summed E-state index contributed by atoms with van der Waals surface area (Å²) in [5, 5.41) is 3.03. The Hall–Kier alpha value is -1.14. The van der Waals surface area contributed by atoms with Crippen LogP contribution in [0.2, 0.25) is 0 Å². The number of nitrogens with zero attached hydrogens (tertiary/aromatic N) is 2. The molecular formula is C14H23N3O2S. The summed E-state index contributed by atoms with van der Waals surface area (Å²) in [5.41, 5.74) is 0. The van der Waals surface area contributed by atoms with Crippen LogP contribution in [-0.4, -0.2) is 37.3 Å². The predicted octanol–water partition coefficient (Wildman–Crippen LogP) is 2.47. The fraction of sp³-hybridized carbons (Fsp3) is 0.643. The normalized spacial score (nSPS) is 18.2. The molecule has 0 spiro atoms. The second kappa shape index (κ2) is 7.04. The predicted molar refractivity (Wildman–Crippen MR) is 80.2 cm³/mol. The molecule has 2 heterocycles. The highest BCUT2D eigenvalue weighted by molar-refractivity contribution is 7.89. The van der Waals surface area contributed by atoms with Crippen molar-refractivity contribution in [3.8, 4) is 0 Å². The van der Waals surface area contributed by atoms with Crippen LogP contribution in [0, 0.1) is 0 Å². The molecule has 1 aromatic rings. The zero-order chi connectivity index (χ0) is 14.4. The Morgan fingerprint density at radius 1 is 1.20 bits per heavy atom. The molecule has 6 heteroatoms. The Labute approximate surface area is 121 Å². The largest absolute Gasteiger partial charge is 0.369 e. The third kappa shape index (κ3) is 3.49. The number of rotatable bonds is 4. The van der Waals surface area contributed by atoms with Crippen LogP contribution >= 0.6 is 0 Å². The minimum Gasteiger partial charge on any atom is -0.369 e. The van der Waals surface area contributed by atoms with Gasteiger partial charge in [-0.2, -0.15) is 4.31 Å². The first kappa shape index (κ1) is 15.3. The molecule has 1 saturated heterocycles. The number of nitrogens with one attached hydrogen (secondary N) is 1. The molecule has 0 aromatic carbocycles. The lowest BCUT2D eigenvalue weighted by Crippen LogP contribution is -2.34. The van der Waals surface area contributed by atoms with Gasteiger partial charge in [0.1, 0.15) is 10.7 Å². The lowest BCUT2D eigenvalue weighted by molar-refractivity contribution is 0.364. The summed E-state index contributed by atoms with van der Waals surface area (Å²) in [5.74, 6) is 0.456. The van der Waals surface area contributed by atoms with E-state index in [9.17, 15) is 8.42 Å². The summed E-state index contributed by atoms with van der Waals surface area (Å²) < 4.78 is 27.2. The van der Waals surface area contributed by atoms with Crippen LogP contribution in [0.15, 0.2) is 23.2 Å². The highest BCUT2D eigenvalue weighted by Gasteiger charge is 2.27. The smallest absolute Gasteiger partial charge is 0.246 e. The third-order valence-electron chi connectivity index (χ3n) is 3.55. The van der Waals surface area contributed by atoms with Crippen LogP contribution < -0.4 is 5.32 Å². The first-order chi connectivity index (χ1) is 9.66. The molecule has 0 unspecified atom stereocenters. The van der Waals surface area contributed by atoms with Crippen LogP contribution in [-0.2, 0) is 10.0 Å². The SMILES string of the molecule is CCNc1ncccc1S(=O)(=O)N1CCCCCCC1. The number of sulfonamides is 1. The zero-order valence-corrected chi connectivity index (χ0v) is 12.8. The van der Waals surface area contributed by atoms with Gasteiger partial charge in [0.05, 0.1) is 0 Å².